The molecule has 0 radical (unpaired) electrons. The second-order valence-corrected chi connectivity index (χ2v) is 5.67. The molecule has 3 N–H and O–H groups in total. The van der Waals surface area contributed by atoms with E-state index in [1.165, 1.54) is 0 Å². The van der Waals surface area contributed by atoms with E-state index < -0.39 is 0 Å². The van der Waals surface area contributed by atoms with Crippen molar-refractivity contribution in [2.45, 2.75) is 45.2 Å². The molecule has 0 saturated carbocycles. The molecule has 1 aromatic carbocycles. The summed E-state index contributed by atoms with van der Waals surface area (Å²) in [6.45, 7) is 7.49. The number of carbonyl (C=O) groups excluding carboxylic acids is 1. The van der Waals surface area contributed by atoms with Crippen LogP contribution < -0.4 is 11.1 Å². The number of rotatable bonds is 8. The molecule has 4 heteroatoms. The largest absolute Gasteiger partial charge is 0.353 e. The first-order valence-electron chi connectivity index (χ1n) is 7.79. The summed E-state index contributed by atoms with van der Waals surface area (Å²) in [6, 6.07) is 9.60. The molecule has 1 aromatic rings. The average Bonchev–Trinajstić information content (AvgIpc) is 2.53. The molecule has 1 amide bonds. The third kappa shape index (κ3) is 4.83. The number of amides is 1. The molecule has 1 atom stereocenters. The summed E-state index contributed by atoms with van der Waals surface area (Å²) in [7, 11) is 1.96. The number of benzene rings is 1. The predicted octanol–water partition coefficient (Wildman–Crippen LogP) is 2.31. The van der Waals surface area contributed by atoms with E-state index in [2.05, 4.69) is 26.1 Å². The van der Waals surface area contributed by atoms with Gasteiger partial charge in [0, 0.05) is 12.1 Å². The number of hydrogen-bond donors (Lipinski definition) is 2. The molecule has 0 aliphatic carbocycles. The Bertz CT molecular complexity index is 429. The Morgan fingerprint density at radius 3 is 2.29 bits per heavy atom. The summed E-state index contributed by atoms with van der Waals surface area (Å²) in [4.78, 5) is 14.7. The van der Waals surface area contributed by atoms with Crippen LogP contribution in [0.1, 0.15) is 45.2 Å². The highest BCUT2D eigenvalue weighted by molar-refractivity contribution is 5.83. The summed E-state index contributed by atoms with van der Waals surface area (Å²) < 4.78 is 0. The van der Waals surface area contributed by atoms with E-state index in [4.69, 9.17) is 5.73 Å². The minimum absolute atomic E-state index is 0.0160. The molecule has 0 bridgehead atoms. The number of nitrogens with zero attached hydrogens (tertiary/aromatic N) is 1. The van der Waals surface area contributed by atoms with Crippen LogP contribution in [0.15, 0.2) is 30.3 Å². The maximum Gasteiger partial charge on any atom is 0.242 e. The lowest BCUT2D eigenvalue weighted by atomic mass is 9.94. The van der Waals surface area contributed by atoms with E-state index >= 15 is 0 Å². The quantitative estimate of drug-likeness (QED) is 0.773. The molecule has 118 valence electrons. The highest BCUT2D eigenvalue weighted by atomic mass is 16.2. The van der Waals surface area contributed by atoms with Crippen LogP contribution in [-0.4, -0.2) is 36.5 Å². The van der Waals surface area contributed by atoms with Crippen molar-refractivity contribution in [3.8, 4) is 0 Å². The number of nitrogens with one attached hydrogen (secondary N) is 1. The zero-order valence-electron chi connectivity index (χ0n) is 13.7. The maximum atomic E-state index is 12.6. The van der Waals surface area contributed by atoms with Gasteiger partial charge in [0.05, 0.1) is 0 Å². The predicted molar refractivity (Wildman–Crippen MR) is 88.0 cm³/mol. The highest BCUT2D eigenvalue weighted by Crippen LogP contribution is 2.19. The van der Waals surface area contributed by atoms with Crippen molar-refractivity contribution in [1.82, 2.24) is 10.2 Å². The molecule has 0 aromatic heterocycles. The number of nitrogens with two attached hydrogens (primary N) is 1. The number of likely N-dealkylation sites (N-methyl/N-ethyl adjacent to an activating group) is 1. The van der Waals surface area contributed by atoms with Crippen LogP contribution in [0.2, 0.25) is 0 Å². The van der Waals surface area contributed by atoms with Gasteiger partial charge in [-0.1, -0.05) is 51.1 Å². The molecule has 0 aliphatic rings. The zero-order valence-corrected chi connectivity index (χ0v) is 13.7. The Morgan fingerprint density at radius 1 is 1.24 bits per heavy atom. The second-order valence-electron chi connectivity index (χ2n) is 5.67. The van der Waals surface area contributed by atoms with Gasteiger partial charge in [0.15, 0.2) is 0 Å². The van der Waals surface area contributed by atoms with Crippen molar-refractivity contribution < 1.29 is 4.79 Å². The zero-order chi connectivity index (χ0) is 15.9. The first-order chi connectivity index (χ1) is 9.97. The first kappa shape index (κ1) is 17.7. The van der Waals surface area contributed by atoms with Gasteiger partial charge in [0.25, 0.3) is 0 Å². The summed E-state index contributed by atoms with van der Waals surface area (Å²) in [5.74, 6) is 0.0160. The highest BCUT2D eigenvalue weighted by Gasteiger charge is 2.27. The van der Waals surface area contributed by atoms with Crippen molar-refractivity contribution in [1.29, 1.82) is 0 Å². The van der Waals surface area contributed by atoms with E-state index in [1.54, 1.807) is 0 Å². The van der Waals surface area contributed by atoms with Gasteiger partial charge in [-0.15, -0.1) is 0 Å². The summed E-state index contributed by atoms with van der Waals surface area (Å²) in [5.41, 5.74) is 6.96. The third-order valence-electron chi connectivity index (χ3n) is 4.33. The molecular weight excluding hydrogens is 262 g/mol. The van der Waals surface area contributed by atoms with E-state index in [9.17, 15) is 4.79 Å². The summed E-state index contributed by atoms with van der Waals surface area (Å²) in [5, 5.41) is 3.03. The lowest BCUT2D eigenvalue weighted by Crippen LogP contribution is -2.51. The molecule has 0 saturated heterocycles. The first-order valence-corrected chi connectivity index (χ1v) is 7.79. The Balaban J connectivity index is 2.83. The van der Waals surface area contributed by atoms with Crippen LogP contribution in [0, 0.1) is 0 Å². The van der Waals surface area contributed by atoms with Crippen LogP contribution in [0.25, 0.3) is 0 Å². The average molecular weight is 291 g/mol. The van der Waals surface area contributed by atoms with Crippen LogP contribution in [0.4, 0.5) is 0 Å². The number of hydrogen-bond acceptors (Lipinski definition) is 3. The standard InChI is InChI=1S/C17H29N3O/c1-5-17(18,6-2)13-19-16(21)15(20(4)7-3)14-11-9-8-10-12-14/h8-12,15H,5-7,13,18H2,1-4H3,(H,19,21). The fourth-order valence-electron chi connectivity index (χ4n) is 2.28. The van der Waals surface area contributed by atoms with E-state index in [0.29, 0.717) is 6.54 Å². The third-order valence-corrected chi connectivity index (χ3v) is 4.33. The molecule has 0 fully saturated rings. The molecule has 1 rings (SSSR count). The van der Waals surface area contributed by atoms with Gasteiger partial charge in [-0.3, -0.25) is 9.69 Å². The molecular formula is C17H29N3O. The molecule has 0 heterocycles. The second kappa shape index (κ2) is 8.15. The lowest BCUT2D eigenvalue weighted by molar-refractivity contribution is -0.126. The van der Waals surface area contributed by atoms with E-state index in [1.807, 2.05) is 42.3 Å². The molecule has 1 unspecified atom stereocenters. The Labute approximate surface area is 128 Å². The minimum atomic E-state index is -0.318. The van der Waals surface area contributed by atoms with Crippen molar-refractivity contribution in [3.63, 3.8) is 0 Å². The van der Waals surface area contributed by atoms with Gasteiger partial charge in [0.1, 0.15) is 6.04 Å². The smallest absolute Gasteiger partial charge is 0.242 e. The van der Waals surface area contributed by atoms with E-state index in [0.717, 1.165) is 24.9 Å². The topological polar surface area (TPSA) is 58.4 Å². The van der Waals surface area contributed by atoms with Crippen molar-refractivity contribution in [2.24, 2.45) is 5.73 Å². The molecule has 4 nitrogen and oxygen atoms in total. The van der Waals surface area contributed by atoms with E-state index in [-0.39, 0.29) is 17.5 Å². The Morgan fingerprint density at radius 2 is 1.81 bits per heavy atom. The molecule has 21 heavy (non-hydrogen) atoms. The van der Waals surface area contributed by atoms with Crippen molar-refractivity contribution in [3.05, 3.63) is 35.9 Å². The van der Waals surface area contributed by atoms with Gasteiger partial charge in [-0.2, -0.15) is 0 Å². The normalized spacial score (nSPS) is 13.2. The van der Waals surface area contributed by atoms with Gasteiger partial charge in [-0.25, -0.2) is 0 Å². The maximum absolute atomic E-state index is 12.6. The lowest BCUT2D eigenvalue weighted by Gasteiger charge is -2.30. The summed E-state index contributed by atoms with van der Waals surface area (Å²) in [6.07, 6.45) is 1.70. The monoisotopic (exact) mass is 291 g/mol. The minimum Gasteiger partial charge on any atom is -0.353 e. The molecule has 0 spiro atoms. The fraction of sp³-hybridized carbons (Fsp3) is 0.588. The van der Waals surface area contributed by atoms with Gasteiger partial charge >= 0.3 is 0 Å². The van der Waals surface area contributed by atoms with Gasteiger partial charge in [0.2, 0.25) is 5.91 Å². The van der Waals surface area contributed by atoms with Crippen LogP contribution in [0.5, 0.6) is 0 Å². The fourth-order valence-corrected chi connectivity index (χ4v) is 2.28. The van der Waals surface area contributed by atoms with Gasteiger partial charge < -0.3 is 11.1 Å². The van der Waals surface area contributed by atoms with Crippen LogP contribution in [-0.2, 0) is 4.79 Å². The Hall–Kier alpha value is -1.39. The Kier molecular flexibility index (Phi) is 6.85. The van der Waals surface area contributed by atoms with Crippen molar-refractivity contribution in [2.75, 3.05) is 20.1 Å². The molecule has 0 aliphatic heterocycles. The van der Waals surface area contributed by atoms with Crippen LogP contribution >= 0.6 is 0 Å². The number of carbonyl (C=O) groups is 1. The summed E-state index contributed by atoms with van der Waals surface area (Å²) >= 11 is 0. The van der Waals surface area contributed by atoms with Gasteiger partial charge in [-0.05, 0) is 32.0 Å². The van der Waals surface area contributed by atoms with Crippen LogP contribution in [0.3, 0.4) is 0 Å². The SMILES string of the molecule is CCN(C)C(C(=O)NCC(N)(CC)CC)c1ccccc1. The van der Waals surface area contributed by atoms with Crippen molar-refractivity contribution >= 4 is 5.91 Å².